The van der Waals surface area contributed by atoms with Gasteiger partial charge >= 0.3 is 0 Å². The van der Waals surface area contributed by atoms with Gasteiger partial charge in [-0.2, -0.15) is 0 Å². The van der Waals surface area contributed by atoms with Crippen molar-refractivity contribution >= 4 is 11.2 Å². The van der Waals surface area contributed by atoms with Gasteiger partial charge in [0.05, 0.1) is 5.52 Å². The molecule has 1 aromatic carbocycles. The van der Waals surface area contributed by atoms with Crippen LogP contribution in [0.15, 0.2) is 54.6 Å². The Morgan fingerprint density at radius 2 is 1.44 bits per heavy atom. The molecule has 0 N–H and O–H groups in total. The fourth-order valence-corrected chi connectivity index (χ4v) is 3.99. The highest BCUT2D eigenvalue weighted by Crippen LogP contribution is 2.25. The molecule has 2 nitrogen and oxygen atoms in total. The number of benzene rings is 1. The third-order valence-corrected chi connectivity index (χ3v) is 5.41. The van der Waals surface area contributed by atoms with Gasteiger partial charge in [0.25, 0.3) is 0 Å². The summed E-state index contributed by atoms with van der Waals surface area (Å²) in [6, 6.07) is 19.9. The van der Waals surface area contributed by atoms with E-state index < -0.39 is 0 Å². The quantitative estimate of drug-likeness (QED) is 0.454. The summed E-state index contributed by atoms with van der Waals surface area (Å²) in [6.07, 6.45) is 4.44. The number of hydrogen-bond donors (Lipinski definition) is 0. The molecule has 2 heteroatoms. The molecular formula is C23H26N2. The van der Waals surface area contributed by atoms with Crippen molar-refractivity contribution in [3.05, 3.63) is 82.8 Å². The van der Waals surface area contributed by atoms with Crippen LogP contribution in [0, 0.1) is 13.8 Å². The molecule has 3 heterocycles. The summed E-state index contributed by atoms with van der Waals surface area (Å²) in [7, 11) is 0. The van der Waals surface area contributed by atoms with E-state index in [4.69, 9.17) is 0 Å². The molecule has 0 spiro atoms. The Labute approximate surface area is 149 Å². The molecule has 0 aliphatic heterocycles. The first-order chi connectivity index (χ1) is 12.2. The molecule has 4 aromatic rings. The molecule has 4 rings (SSSR count). The van der Waals surface area contributed by atoms with E-state index in [1.54, 1.807) is 0 Å². The fourth-order valence-electron chi connectivity index (χ4n) is 3.99. The van der Waals surface area contributed by atoms with E-state index in [-0.39, 0.29) is 0 Å². The van der Waals surface area contributed by atoms with Gasteiger partial charge in [0.2, 0.25) is 0 Å². The van der Waals surface area contributed by atoms with E-state index in [9.17, 15) is 0 Å². The van der Waals surface area contributed by atoms with Crippen LogP contribution in [0.4, 0.5) is 0 Å². The third-order valence-electron chi connectivity index (χ3n) is 5.41. The van der Waals surface area contributed by atoms with Gasteiger partial charge in [0.15, 0.2) is 0 Å². The lowest BCUT2D eigenvalue weighted by Crippen LogP contribution is -2.07. The zero-order valence-corrected chi connectivity index (χ0v) is 15.4. The van der Waals surface area contributed by atoms with E-state index in [1.807, 2.05) is 0 Å². The first kappa shape index (κ1) is 16.0. The Balaban J connectivity index is 1.83. The van der Waals surface area contributed by atoms with Crippen LogP contribution in [-0.2, 0) is 19.3 Å². The SMILES string of the molecule is CCCc1ccc2c(C)c(C)n3c(CCc4ccccc4)ccc3n12. The lowest BCUT2D eigenvalue weighted by Gasteiger charge is -2.14. The van der Waals surface area contributed by atoms with Gasteiger partial charge in [-0.1, -0.05) is 43.7 Å². The molecule has 0 saturated heterocycles. The van der Waals surface area contributed by atoms with Gasteiger partial charge in [-0.05, 0) is 68.5 Å². The van der Waals surface area contributed by atoms with Crippen LogP contribution < -0.4 is 0 Å². The maximum atomic E-state index is 2.46. The molecule has 0 aliphatic carbocycles. The Morgan fingerprint density at radius 1 is 0.720 bits per heavy atom. The summed E-state index contributed by atoms with van der Waals surface area (Å²) in [5, 5.41) is 0. The summed E-state index contributed by atoms with van der Waals surface area (Å²) in [6.45, 7) is 6.75. The van der Waals surface area contributed by atoms with Crippen molar-refractivity contribution in [2.75, 3.05) is 0 Å². The van der Waals surface area contributed by atoms with E-state index in [0.717, 1.165) is 19.3 Å². The minimum absolute atomic E-state index is 1.06. The van der Waals surface area contributed by atoms with E-state index in [2.05, 4.69) is 84.2 Å². The number of fused-ring (bicyclic) bond motifs is 3. The van der Waals surface area contributed by atoms with E-state index in [0.29, 0.717) is 0 Å². The fraction of sp³-hybridized carbons (Fsp3) is 0.304. The van der Waals surface area contributed by atoms with Gasteiger partial charge in [0.1, 0.15) is 5.65 Å². The second-order valence-corrected chi connectivity index (χ2v) is 7.01. The highest BCUT2D eigenvalue weighted by atomic mass is 15.1. The van der Waals surface area contributed by atoms with Crippen LogP contribution in [-0.4, -0.2) is 8.80 Å². The van der Waals surface area contributed by atoms with Crippen LogP contribution >= 0.6 is 0 Å². The molecule has 0 atom stereocenters. The van der Waals surface area contributed by atoms with E-state index >= 15 is 0 Å². The lowest BCUT2D eigenvalue weighted by molar-refractivity contribution is 0.840. The topological polar surface area (TPSA) is 8.82 Å². The molecule has 0 fully saturated rings. The van der Waals surface area contributed by atoms with Crippen LogP contribution in [0.5, 0.6) is 0 Å². The van der Waals surface area contributed by atoms with Crippen molar-refractivity contribution in [1.82, 2.24) is 8.80 Å². The predicted octanol–water partition coefficient (Wildman–Crippen LogP) is 5.55. The summed E-state index contributed by atoms with van der Waals surface area (Å²) in [5.41, 5.74) is 9.61. The Hall–Kier alpha value is -2.48. The van der Waals surface area contributed by atoms with Gasteiger partial charge in [-0.3, -0.25) is 4.40 Å². The molecular weight excluding hydrogens is 304 g/mol. The molecule has 3 aromatic heterocycles. The van der Waals surface area contributed by atoms with Crippen molar-refractivity contribution in [2.24, 2.45) is 0 Å². The minimum atomic E-state index is 1.06. The lowest BCUT2D eigenvalue weighted by atomic mass is 10.1. The second-order valence-electron chi connectivity index (χ2n) is 7.01. The maximum absolute atomic E-state index is 2.46. The number of hydrogen-bond acceptors (Lipinski definition) is 0. The summed E-state index contributed by atoms with van der Waals surface area (Å²) in [5.74, 6) is 0. The predicted molar refractivity (Wildman–Crippen MR) is 106 cm³/mol. The molecule has 25 heavy (non-hydrogen) atoms. The molecule has 0 saturated carbocycles. The van der Waals surface area contributed by atoms with E-state index in [1.165, 1.54) is 45.8 Å². The Kier molecular flexibility index (Phi) is 4.12. The minimum Gasteiger partial charge on any atom is -0.304 e. The molecule has 0 amide bonds. The molecule has 0 unspecified atom stereocenters. The summed E-state index contributed by atoms with van der Waals surface area (Å²) < 4.78 is 4.92. The summed E-state index contributed by atoms with van der Waals surface area (Å²) in [4.78, 5) is 0. The van der Waals surface area contributed by atoms with Crippen molar-refractivity contribution in [3.8, 4) is 0 Å². The smallest absolute Gasteiger partial charge is 0.122 e. The average molecular weight is 330 g/mol. The average Bonchev–Trinajstić information content (AvgIpc) is 3.23. The largest absolute Gasteiger partial charge is 0.304 e. The number of aryl methyl sites for hydroxylation is 5. The van der Waals surface area contributed by atoms with Crippen LogP contribution in [0.1, 0.15) is 41.6 Å². The van der Waals surface area contributed by atoms with Crippen LogP contribution in [0.2, 0.25) is 0 Å². The highest BCUT2D eigenvalue weighted by Gasteiger charge is 2.14. The second kappa shape index (κ2) is 6.44. The van der Waals surface area contributed by atoms with Gasteiger partial charge in [-0.25, -0.2) is 0 Å². The Morgan fingerprint density at radius 3 is 2.20 bits per heavy atom. The van der Waals surface area contributed by atoms with Crippen molar-refractivity contribution < 1.29 is 0 Å². The number of nitrogens with zero attached hydrogens (tertiary/aromatic N) is 2. The number of aromatic nitrogens is 2. The molecule has 0 radical (unpaired) electrons. The number of rotatable bonds is 5. The monoisotopic (exact) mass is 330 g/mol. The first-order valence-electron chi connectivity index (χ1n) is 9.34. The highest BCUT2D eigenvalue weighted by molar-refractivity contribution is 5.66. The van der Waals surface area contributed by atoms with Crippen LogP contribution in [0.3, 0.4) is 0 Å². The van der Waals surface area contributed by atoms with Crippen molar-refractivity contribution in [2.45, 2.75) is 46.5 Å². The van der Waals surface area contributed by atoms with Gasteiger partial charge in [0, 0.05) is 17.1 Å². The molecule has 0 aliphatic rings. The van der Waals surface area contributed by atoms with Crippen molar-refractivity contribution in [1.29, 1.82) is 0 Å². The molecule has 0 bridgehead atoms. The van der Waals surface area contributed by atoms with Gasteiger partial charge < -0.3 is 4.40 Å². The third kappa shape index (κ3) is 2.66. The summed E-state index contributed by atoms with van der Waals surface area (Å²) >= 11 is 0. The molecule has 128 valence electrons. The zero-order chi connectivity index (χ0) is 17.4. The maximum Gasteiger partial charge on any atom is 0.122 e. The zero-order valence-electron chi connectivity index (χ0n) is 15.4. The standard InChI is InChI=1S/C23H26N2/c1-4-8-20-13-15-22-17(2)18(3)24-21(14-16-23(24)25(20)22)12-11-19-9-6-5-7-10-19/h5-7,9-10,13-16H,4,8,11-12H2,1-3H3. The van der Waals surface area contributed by atoms with Crippen molar-refractivity contribution in [3.63, 3.8) is 0 Å². The van der Waals surface area contributed by atoms with Crippen LogP contribution in [0.25, 0.3) is 11.2 Å². The van der Waals surface area contributed by atoms with Gasteiger partial charge in [-0.15, -0.1) is 0 Å². The Bertz CT molecular complexity index is 1020. The first-order valence-corrected chi connectivity index (χ1v) is 9.34. The normalized spacial score (nSPS) is 11.6.